The second kappa shape index (κ2) is 6.35. The fourth-order valence-electron chi connectivity index (χ4n) is 2.14. The van der Waals surface area contributed by atoms with Crippen molar-refractivity contribution in [1.29, 1.82) is 0 Å². The number of benzene rings is 2. The van der Waals surface area contributed by atoms with E-state index in [9.17, 15) is 4.39 Å². The van der Waals surface area contributed by atoms with E-state index in [1.165, 1.54) is 6.07 Å². The van der Waals surface area contributed by atoms with Crippen molar-refractivity contribution < 1.29 is 4.39 Å². The summed E-state index contributed by atoms with van der Waals surface area (Å²) in [6, 6.07) is 10.9. The van der Waals surface area contributed by atoms with Crippen LogP contribution in [-0.4, -0.2) is 0 Å². The van der Waals surface area contributed by atoms with E-state index in [0.29, 0.717) is 17.0 Å². The van der Waals surface area contributed by atoms with E-state index in [4.69, 9.17) is 17.4 Å². The molecule has 20 heavy (non-hydrogen) atoms. The van der Waals surface area contributed by atoms with Crippen molar-refractivity contribution in [2.24, 2.45) is 5.84 Å². The van der Waals surface area contributed by atoms with Gasteiger partial charge in [0.2, 0.25) is 0 Å². The van der Waals surface area contributed by atoms with Crippen LogP contribution in [0.5, 0.6) is 0 Å². The number of nitrogens with two attached hydrogens (primary N) is 1. The minimum atomic E-state index is -0.224. The molecule has 106 valence electrons. The van der Waals surface area contributed by atoms with Crippen LogP contribution in [0.3, 0.4) is 0 Å². The highest BCUT2D eigenvalue weighted by Gasteiger charge is 2.14. The van der Waals surface area contributed by atoms with E-state index in [1.807, 2.05) is 31.2 Å². The van der Waals surface area contributed by atoms with Gasteiger partial charge >= 0.3 is 0 Å². The molecule has 0 saturated carbocycles. The van der Waals surface area contributed by atoms with Gasteiger partial charge in [0.05, 0.1) is 6.04 Å². The van der Waals surface area contributed by atoms with E-state index >= 15 is 0 Å². The van der Waals surface area contributed by atoms with Gasteiger partial charge in [-0.3, -0.25) is 11.3 Å². The number of nitrogens with one attached hydrogen (secondary N) is 1. The first-order chi connectivity index (χ1) is 9.51. The SMILES string of the molecule is Cc1ccc(CC(NN)c2ccc(C)c(F)c2)c(Cl)c1. The second-order valence-electron chi connectivity index (χ2n) is 5.03. The fraction of sp³-hybridized carbons (Fsp3) is 0.250. The van der Waals surface area contributed by atoms with Gasteiger partial charge in [-0.05, 0) is 54.7 Å². The second-order valence-corrected chi connectivity index (χ2v) is 5.43. The number of halogens is 2. The zero-order valence-electron chi connectivity index (χ0n) is 11.6. The summed E-state index contributed by atoms with van der Waals surface area (Å²) in [7, 11) is 0. The Morgan fingerprint density at radius 2 is 1.95 bits per heavy atom. The topological polar surface area (TPSA) is 38.0 Å². The Bertz CT molecular complexity index is 613. The highest BCUT2D eigenvalue weighted by Crippen LogP contribution is 2.25. The third kappa shape index (κ3) is 3.37. The molecule has 0 radical (unpaired) electrons. The predicted molar refractivity (Wildman–Crippen MR) is 81.1 cm³/mol. The molecule has 0 aromatic heterocycles. The van der Waals surface area contributed by atoms with Gasteiger partial charge in [0, 0.05) is 5.02 Å². The van der Waals surface area contributed by atoms with Crippen LogP contribution in [0.4, 0.5) is 4.39 Å². The quantitative estimate of drug-likeness (QED) is 0.664. The van der Waals surface area contributed by atoms with Gasteiger partial charge < -0.3 is 0 Å². The van der Waals surface area contributed by atoms with Crippen LogP contribution in [0, 0.1) is 19.7 Å². The lowest BCUT2D eigenvalue weighted by Crippen LogP contribution is -2.29. The molecule has 4 heteroatoms. The molecule has 1 atom stereocenters. The van der Waals surface area contributed by atoms with Crippen LogP contribution in [-0.2, 0) is 6.42 Å². The molecule has 0 aliphatic heterocycles. The molecular weight excluding hydrogens is 275 g/mol. The van der Waals surface area contributed by atoms with Gasteiger partial charge in [-0.25, -0.2) is 4.39 Å². The first-order valence-corrected chi connectivity index (χ1v) is 6.86. The zero-order valence-corrected chi connectivity index (χ0v) is 12.3. The van der Waals surface area contributed by atoms with Crippen LogP contribution < -0.4 is 11.3 Å². The fourth-order valence-corrected chi connectivity index (χ4v) is 2.45. The molecule has 3 N–H and O–H groups in total. The maximum atomic E-state index is 13.7. The summed E-state index contributed by atoms with van der Waals surface area (Å²) < 4.78 is 13.7. The van der Waals surface area contributed by atoms with Crippen LogP contribution in [0.1, 0.15) is 28.3 Å². The molecule has 0 aliphatic carbocycles. The van der Waals surface area contributed by atoms with Crippen molar-refractivity contribution in [3.63, 3.8) is 0 Å². The van der Waals surface area contributed by atoms with Crippen molar-refractivity contribution in [2.45, 2.75) is 26.3 Å². The number of hydrogen-bond donors (Lipinski definition) is 2. The molecule has 0 aliphatic rings. The van der Waals surface area contributed by atoms with Crippen LogP contribution >= 0.6 is 11.6 Å². The van der Waals surface area contributed by atoms with Crippen molar-refractivity contribution in [2.75, 3.05) is 0 Å². The molecule has 2 aromatic rings. The van der Waals surface area contributed by atoms with Crippen LogP contribution in [0.15, 0.2) is 36.4 Å². The van der Waals surface area contributed by atoms with Gasteiger partial charge in [-0.2, -0.15) is 0 Å². The average Bonchev–Trinajstić information content (AvgIpc) is 2.41. The van der Waals surface area contributed by atoms with E-state index in [0.717, 1.165) is 16.7 Å². The molecule has 2 nitrogen and oxygen atoms in total. The van der Waals surface area contributed by atoms with Gasteiger partial charge in [-0.1, -0.05) is 35.9 Å². The molecule has 2 rings (SSSR count). The Morgan fingerprint density at radius 1 is 1.20 bits per heavy atom. The van der Waals surface area contributed by atoms with Crippen molar-refractivity contribution in [3.8, 4) is 0 Å². The van der Waals surface area contributed by atoms with E-state index in [2.05, 4.69) is 5.43 Å². The Kier molecular flexibility index (Phi) is 4.76. The van der Waals surface area contributed by atoms with E-state index in [1.54, 1.807) is 13.0 Å². The normalized spacial score (nSPS) is 12.4. The lowest BCUT2D eigenvalue weighted by atomic mass is 9.97. The molecule has 0 fully saturated rings. The highest BCUT2D eigenvalue weighted by atomic mass is 35.5. The highest BCUT2D eigenvalue weighted by molar-refractivity contribution is 6.31. The van der Waals surface area contributed by atoms with Gasteiger partial charge in [0.1, 0.15) is 5.82 Å². The summed E-state index contributed by atoms with van der Waals surface area (Å²) in [6.45, 7) is 3.73. The number of rotatable bonds is 4. The largest absolute Gasteiger partial charge is 0.271 e. The molecule has 0 amide bonds. The lowest BCUT2D eigenvalue weighted by molar-refractivity contribution is 0.543. The molecule has 2 aromatic carbocycles. The average molecular weight is 293 g/mol. The van der Waals surface area contributed by atoms with Gasteiger partial charge in [-0.15, -0.1) is 0 Å². The molecule has 1 unspecified atom stereocenters. The smallest absolute Gasteiger partial charge is 0.126 e. The lowest BCUT2D eigenvalue weighted by Gasteiger charge is -2.18. The molecule has 0 heterocycles. The monoisotopic (exact) mass is 292 g/mol. The van der Waals surface area contributed by atoms with Gasteiger partial charge in [0.25, 0.3) is 0 Å². The van der Waals surface area contributed by atoms with Crippen LogP contribution in [0.2, 0.25) is 5.02 Å². The third-order valence-corrected chi connectivity index (χ3v) is 3.78. The summed E-state index contributed by atoms with van der Waals surface area (Å²) >= 11 is 6.23. The summed E-state index contributed by atoms with van der Waals surface area (Å²) in [5.41, 5.74) is 6.26. The molecule has 0 bridgehead atoms. The minimum Gasteiger partial charge on any atom is -0.271 e. The first kappa shape index (κ1) is 15.0. The maximum Gasteiger partial charge on any atom is 0.126 e. The minimum absolute atomic E-state index is 0.176. The van der Waals surface area contributed by atoms with E-state index < -0.39 is 0 Å². The number of aryl methyl sites for hydroxylation is 2. The van der Waals surface area contributed by atoms with Crippen LogP contribution in [0.25, 0.3) is 0 Å². The summed E-state index contributed by atoms with van der Waals surface area (Å²) in [4.78, 5) is 0. The summed E-state index contributed by atoms with van der Waals surface area (Å²) in [5.74, 6) is 5.38. The molecule has 0 spiro atoms. The Hall–Kier alpha value is -1.42. The standard InChI is InChI=1S/C16H18ClFN2/c1-10-3-5-12(14(17)7-10)9-16(20-19)13-6-4-11(2)15(18)8-13/h3-8,16,20H,9,19H2,1-2H3. The predicted octanol–water partition coefficient (Wildman–Crippen LogP) is 3.84. The number of hydrogen-bond acceptors (Lipinski definition) is 2. The first-order valence-electron chi connectivity index (χ1n) is 6.48. The van der Waals surface area contributed by atoms with Crippen molar-refractivity contribution >= 4 is 11.6 Å². The summed E-state index contributed by atoms with van der Waals surface area (Å²) in [5, 5.41) is 0.706. The van der Waals surface area contributed by atoms with E-state index in [-0.39, 0.29) is 11.9 Å². The molecular formula is C16H18ClFN2. The maximum absolute atomic E-state index is 13.7. The summed E-state index contributed by atoms with van der Waals surface area (Å²) in [6.07, 6.45) is 0.609. The zero-order chi connectivity index (χ0) is 14.7. The number of hydrazine groups is 1. The Labute approximate surface area is 123 Å². The Morgan fingerprint density at radius 3 is 2.55 bits per heavy atom. The third-order valence-electron chi connectivity index (χ3n) is 3.43. The molecule has 0 saturated heterocycles. The Balaban J connectivity index is 2.26. The van der Waals surface area contributed by atoms with Crippen molar-refractivity contribution in [1.82, 2.24) is 5.43 Å². The van der Waals surface area contributed by atoms with Gasteiger partial charge in [0.15, 0.2) is 0 Å². The van der Waals surface area contributed by atoms with Crippen molar-refractivity contribution in [3.05, 3.63) is 69.5 Å².